The van der Waals surface area contributed by atoms with E-state index in [-0.39, 0.29) is 12.0 Å². The molecule has 1 aromatic carbocycles. The van der Waals surface area contributed by atoms with E-state index in [4.69, 9.17) is 4.74 Å². The van der Waals surface area contributed by atoms with Crippen LogP contribution in [0.5, 0.6) is 0 Å². The van der Waals surface area contributed by atoms with Crippen molar-refractivity contribution in [3.63, 3.8) is 0 Å². The number of benzene rings is 1. The van der Waals surface area contributed by atoms with Crippen molar-refractivity contribution in [3.05, 3.63) is 35.4 Å². The van der Waals surface area contributed by atoms with Crippen LogP contribution in [-0.2, 0) is 11.3 Å². The van der Waals surface area contributed by atoms with Gasteiger partial charge in [0, 0.05) is 24.7 Å². The minimum absolute atomic E-state index is 0.131. The van der Waals surface area contributed by atoms with Gasteiger partial charge in [-0.15, -0.1) is 0 Å². The SMILES string of the molecule is CNC1CCCN(C(=O)c2ccc(COC(C)C)cc2)C1. The maximum atomic E-state index is 12.5. The highest BCUT2D eigenvalue weighted by molar-refractivity contribution is 5.94. The number of hydrogen-bond donors (Lipinski definition) is 1. The van der Waals surface area contributed by atoms with Gasteiger partial charge in [-0.25, -0.2) is 0 Å². The third-order valence-electron chi connectivity index (χ3n) is 3.90. The second-order valence-electron chi connectivity index (χ2n) is 5.94. The summed E-state index contributed by atoms with van der Waals surface area (Å²) >= 11 is 0. The Balaban J connectivity index is 1.96. The molecule has 0 radical (unpaired) electrons. The fraction of sp³-hybridized carbons (Fsp3) is 0.588. The van der Waals surface area contributed by atoms with Gasteiger partial charge >= 0.3 is 0 Å². The summed E-state index contributed by atoms with van der Waals surface area (Å²) in [6.07, 6.45) is 2.43. The molecule has 1 heterocycles. The van der Waals surface area contributed by atoms with Crippen molar-refractivity contribution < 1.29 is 9.53 Å². The fourth-order valence-corrected chi connectivity index (χ4v) is 2.59. The largest absolute Gasteiger partial charge is 0.374 e. The lowest BCUT2D eigenvalue weighted by Crippen LogP contribution is -2.46. The van der Waals surface area contributed by atoms with E-state index in [1.54, 1.807) is 0 Å². The van der Waals surface area contributed by atoms with E-state index in [9.17, 15) is 4.79 Å². The zero-order valence-electron chi connectivity index (χ0n) is 13.3. The number of rotatable bonds is 5. The zero-order valence-corrected chi connectivity index (χ0v) is 13.3. The molecule has 0 aliphatic carbocycles. The minimum atomic E-state index is 0.131. The Morgan fingerprint density at radius 2 is 2.10 bits per heavy atom. The summed E-state index contributed by atoms with van der Waals surface area (Å²) in [5.41, 5.74) is 1.87. The van der Waals surface area contributed by atoms with Crippen molar-refractivity contribution in [1.82, 2.24) is 10.2 Å². The van der Waals surface area contributed by atoms with E-state index in [1.165, 1.54) is 0 Å². The molecular formula is C17H26N2O2. The molecule has 1 aromatic rings. The molecule has 1 aliphatic rings. The molecule has 1 aliphatic heterocycles. The lowest BCUT2D eigenvalue weighted by atomic mass is 10.0. The van der Waals surface area contributed by atoms with Crippen LogP contribution in [0.1, 0.15) is 42.6 Å². The fourth-order valence-electron chi connectivity index (χ4n) is 2.59. The number of nitrogens with one attached hydrogen (secondary N) is 1. The van der Waals surface area contributed by atoms with E-state index in [1.807, 2.05) is 50.1 Å². The maximum absolute atomic E-state index is 12.5. The number of nitrogens with zero attached hydrogens (tertiary/aromatic N) is 1. The molecule has 0 spiro atoms. The highest BCUT2D eigenvalue weighted by atomic mass is 16.5. The maximum Gasteiger partial charge on any atom is 0.253 e. The van der Waals surface area contributed by atoms with Crippen LogP contribution in [0.2, 0.25) is 0 Å². The normalized spacial score (nSPS) is 19.0. The van der Waals surface area contributed by atoms with E-state index in [0.29, 0.717) is 12.6 Å². The molecule has 4 nitrogen and oxygen atoms in total. The van der Waals surface area contributed by atoms with Gasteiger partial charge in [-0.05, 0) is 51.4 Å². The van der Waals surface area contributed by atoms with Crippen molar-refractivity contribution in [2.75, 3.05) is 20.1 Å². The third-order valence-corrected chi connectivity index (χ3v) is 3.90. The van der Waals surface area contributed by atoms with Crippen LogP contribution in [-0.4, -0.2) is 43.1 Å². The first-order valence-corrected chi connectivity index (χ1v) is 7.77. The summed E-state index contributed by atoms with van der Waals surface area (Å²) < 4.78 is 5.57. The van der Waals surface area contributed by atoms with Crippen LogP contribution in [0, 0.1) is 0 Å². The first kappa shape index (κ1) is 16.0. The Labute approximate surface area is 127 Å². The molecule has 1 atom stereocenters. The summed E-state index contributed by atoms with van der Waals surface area (Å²) in [7, 11) is 1.96. The molecule has 0 aromatic heterocycles. The predicted octanol–water partition coefficient (Wildman–Crippen LogP) is 2.44. The van der Waals surface area contributed by atoms with E-state index in [0.717, 1.165) is 37.1 Å². The van der Waals surface area contributed by atoms with Crippen LogP contribution >= 0.6 is 0 Å². The first-order chi connectivity index (χ1) is 10.1. The second-order valence-corrected chi connectivity index (χ2v) is 5.94. The number of piperidine rings is 1. The standard InChI is InChI=1S/C17H26N2O2/c1-13(2)21-12-14-6-8-15(9-7-14)17(20)19-10-4-5-16(11-19)18-3/h6-9,13,16,18H,4-5,10-12H2,1-3H3. The Morgan fingerprint density at radius 1 is 1.38 bits per heavy atom. The molecule has 2 rings (SSSR count). The van der Waals surface area contributed by atoms with Gasteiger partial charge in [0.25, 0.3) is 5.91 Å². The Hall–Kier alpha value is -1.39. The number of ether oxygens (including phenoxy) is 1. The Bertz CT molecular complexity index is 456. The van der Waals surface area contributed by atoms with Gasteiger partial charge in [0.2, 0.25) is 0 Å². The van der Waals surface area contributed by atoms with Gasteiger partial charge in [-0.1, -0.05) is 12.1 Å². The second kappa shape index (κ2) is 7.57. The number of carbonyl (C=O) groups is 1. The molecule has 1 unspecified atom stereocenters. The first-order valence-electron chi connectivity index (χ1n) is 7.77. The Kier molecular flexibility index (Phi) is 5.76. The molecule has 21 heavy (non-hydrogen) atoms. The van der Waals surface area contributed by atoms with Crippen LogP contribution in [0.25, 0.3) is 0 Å². The highest BCUT2D eigenvalue weighted by Gasteiger charge is 2.23. The lowest BCUT2D eigenvalue weighted by molar-refractivity contribution is 0.0654. The molecule has 116 valence electrons. The Morgan fingerprint density at radius 3 is 2.71 bits per heavy atom. The van der Waals surface area contributed by atoms with Crippen molar-refractivity contribution >= 4 is 5.91 Å². The number of amides is 1. The average Bonchev–Trinajstić information content (AvgIpc) is 2.52. The van der Waals surface area contributed by atoms with Crippen LogP contribution < -0.4 is 5.32 Å². The molecule has 1 fully saturated rings. The molecule has 1 N–H and O–H groups in total. The topological polar surface area (TPSA) is 41.6 Å². The summed E-state index contributed by atoms with van der Waals surface area (Å²) in [5, 5.41) is 3.27. The van der Waals surface area contributed by atoms with Gasteiger partial charge in [0.15, 0.2) is 0 Å². The van der Waals surface area contributed by atoms with E-state index in [2.05, 4.69) is 5.32 Å². The van der Waals surface area contributed by atoms with Gasteiger partial charge in [-0.2, -0.15) is 0 Å². The molecule has 4 heteroatoms. The van der Waals surface area contributed by atoms with Crippen molar-refractivity contribution in [3.8, 4) is 0 Å². The molecule has 0 saturated carbocycles. The number of hydrogen-bond acceptors (Lipinski definition) is 3. The third kappa shape index (κ3) is 4.55. The highest BCUT2D eigenvalue weighted by Crippen LogP contribution is 2.15. The number of carbonyl (C=O) groups excluding carboxylic acids is 1. The molecular weight excluding hydrogens is 264 g/mol. The van der Waals surface area contributed by atoms with Gasteiger partial charge in [-0.3, -0.25) is 4.79 Å². The number of likely N-dealkylation sites (N-methyl/N-ethyl adjacent to an activating group) is 1. The van der Waals surface area contributed by atoms with E-state index < -0.39 is 0 Å². The lowest BCUT2D eigenvalue weighted by Gasteiger charge is -2.32. The monoisotopic (exact) mass is 290 g/mol. The summed E-state index contributed by atoms with van der Waals surface area (Å²) in [4.78, 5) is 14.5. The van der Waals surface area contributed by atoms with Gasteiger partial charge in [0.1, 0.15) is 0 Å². The van der Waals surface area contributed by atoms with Crippen LogP contribution in [0.3, 0.4) is 0 Å². The zero-order chi connectivity index (χ0) is 15.2. The van der Waals surface area contributed by atoms with Crippen molar-refractivity contribution in [1.29, 1.82) is 0 Å². The quantitative estimate of drug-likeness (QED) is 0.905. The van der Waals surface area contributed by atoms with Crippen molar-refractivity contribution in [2.45, 2.75) is 45.4 Å². The van der Waals surface area contributed by atoms with Gasteiger partial charge in [0.05, 0.1) is 12.7 Å². The number of likely N-dealkylation sites (tertiary alicyclic amines) is 1. The smallest absolute Gasteiger partial charge is 0.253 e. The predicted molar refractivity (Wildman–Crippen MR) is 84.4 cm³/mol. The molecule has 0 bridgehead atoms. The molecule has 1 amide bonds. The summed E-state index contributed by atoms with van der Waals surface area (Å²) in [6, 6.07) is 8.19. The van der Waals surface area contributed by atoms with Gasteiger partial charge < -0.3 is 15.0 Å². The summed E-state index contributed by atoms with van der Waals surface area (Å²) in [6.45, 7) is 6.29. The average molecular weight is 290 g/mol. The van der Waals surface area contributed by atoms with Crippen LogP contribution in [0.4, 0.5) is 0 Å². The van der Waals surface area contributed by atoms with Crippen LogP contribution in [0.15, 0.2) is 24.3 Å². The van der Waals surface area contributed by atoms with Crippen molar-refractivity contribution in [2.24, 2.45) is 0 Å². The van der Waals surface area contributed by atoms with E-state index >= 15 is 0 Å². The minimum Gasteiger partial charge on any atom is -0.374 e. The molecule has 1 saturated heterocycles. The summed E-state index contributed by atoms with van der Waals surface area (Å²) in [5.74, 6) is 0.131.